The van der Waals surface area contributed by atoms with Gasteiger partial charge in [-0.1, -0.05) is 12.8 Å². The molecule has 3 heteroatoms. The second-order valence-electron chi connectivity index (χ2n) is 7.92. The summed E-state index contributed by atoms with van der Waals surface area (Å²) in [6.45, 7) is 12.9. The first-order chi connectivity index (χ1) is 12.7. The summed E-state index contributed by atoms with van der Waals surface area (Å²) in [7, 11) is 0. The Kier molecular flexibility index (Phi) is 5.76. The molecule has 1 aromatic carbocycles. The van der Waals surface area contributed by atoms with Crippen LogP contribution in [0.25, 0.3) is 11.3 Å². The Morgan fingerprint density at radius 1 is 1.15 bits per heavy atom. The van der Waals surface area contributed by atoms with E-state index >= 15 is 0 Å². The molecule has 0 aromatic heterocycles. The van der Waals surface area contributed by atoms with Crippen molar-refractivity contribution in [3.8, 4) is 0 Å². The Labute approximate surface area is 178 Å². The maximum Gasteiger partial charge on any atom is 0.153 e. The van der Waals surface area contributed by atoms with E-state index in [4.69, 9.17) is 0 Å². The van der Waals surface area contributed by atoms with Crippen molar-refractivity contribution in [2.75, 3.05) is 0 Å². The summed E-state index contributed by atoms with van der Waals surface area (Å²) in [4.78, 5) is 4.22. The Morgan fingerprint density at radius 3 is 2.33 bits per heavy atom. The zero-order chi connectivity index (χ0) is 19.8. The van der Waals surface area contributed by atoms with Crippen molar-refractivity contribution in [3.05, 3.63) is 85.0 Å². The molecule has 0 unspecified atom stereocenters. The molecule has 2 aliphatic rings. The molecular weight excluding hydrogens is 462 g/mol. The Hall–Kier alpha value is -1.67. The van der Waals surface area contributed by atoms with Gasteiger partial charge in [0.2, 0.25) is 0 Å². The lowest BCUT2D eigenvalue weighted by Gasteiger charge is -2.21. The van der Waals surface area contributed by atoms with Crippen molar-refractivity contribution >= 4 is 49.4 Å². The first-order valence-electron chi connectivity index (χ1n) is 8.95. The van der Waals surface area contributed by atoms with Gasteiger partial charge < -0.3 is 4.99 Å². The molecule has 1 aliphatic heterocycles. The highest BCUT2D eigenvalue weighted by Crippen LogP contribution is 2.36. The molecule has 0 fully saturated rings. The highest BCUT2D eigenvalue weighted by Gasteiger charge is 2.29. The Bertz CT molecular complexity index is 1010. The van der Waals surface area contributed by atoms with Crippen molar-refractivity contribution < 1.29 is 0 Å². The number of rotatable bonds is 0. The molecule has 1 nitrogen and oxygen atoms in total. The van der Waals surface area contributed by atoms with Gasteiger partial charge in [0, 0.05) is 37.8 Å². The lowest BCUT2D eigenvalue weighted by atomic mass is 9.77. The normalized spacial score (nSPS) is 16.8. The molecule has 3 rings (SSSR count). The first kappa shape index (κ1) is 20.1. The molecule has 0 amide bonds. The van der Waals surface area contributed by atoms with Crippen molar-refractivity contribution in [1.29, 1.82) is 0 Å². The largest absolute Gasteiger partial charge is 0.390 e. The minimum atomic E-state index is 0.139. The second-order valence-corrected chi connectivity index (χ2v) is 9.63. The van der Waals surface area contributed by atoms with Gasteiger partial charge in [-0.25, -0.2) is 0 Å². The fourth-order valence-corrected chi connectivity index (χ4v) is 4.50. The average molecular weight is 485 g/mol. The summed E-state index contributed by atoms with van der Waals surface area (Å²) in [5.41, 5.74) is 8.61. The molecule has 1 heterocycles. The van der Waals surface area contributed by atoms with Gasteiger partial charge in [0.1, 0.15) is 0 Å². The number of nitrogens with zero attached hydrogens (tertiary/aromatic N) is 1. The minimum Gasteiger partial charge on any atom is -0.390 e. The van der Waals surface area contributed by atoms with Gasteiger partial charge in [0.15, 0.2) is 5.57 Å². The number of benzene rings is 1. The molecule has 0 spiro atoms. The summed E-state index contributed by atoms with van der Waals surface area (Å²) in [6, 6.07) is 4.25. The van der Waals surface area contributed by atoms with Gasteiger partial charge in [0.05, 0.1) is 16.7 Å². The Balaban J connectivity index is 2.20. The van der Waals surface area contributed by atoms with E-state index in [1.165, 1.54) is 17.1 Å². The van der Waals surface area contributed by atoms with Crippen LogP contribution in [0.4, 0.5) is 0 Å². The van der Waals surface area contributed by atoms with Crippen LogP contribution in [0, 0.1) is 17.9 Å². The molecule has 0 saturated carbocycles. The molecule has 0 atom stereocenters. The topological polar surface area (TPSA) is 12.4 Å². The third-order valence-electron chi connectivity index (χ3n) is 4.69. The minimum absolute atomic E-state index is 0.139. The van der Waals surface area contributed by atoms with E-state index in [2.05, 4.69) is 108 Å². The molecule has 27 heavy (non-hydrogen) atoms. The van der Waals surface area contributed by atoms with E-state index in [1.54, 1.807) is 6.54 Å². The van der Waals surface area contributed by atoms with Crippen LogP contribution in [0.2, 0.25) is 0 Å². The van der Waals surface area contributed by atoms with Crippen LogP contribution >= 0.6 is 31.9 Å². The third kappa shape index (κ3) is 4.43. The van der Waals surface area contributed by atoms with Gasteiger partial charge in [-0.3, -0.25) is 0 Å². The fraction of sp³-hybridized carbons (Fsp3) is 0.250. The van der Waals surface area contributed by atoms with Crippen molar-refractivity contribution in [1.82, 2.24) is 0 Å². The van der Waals surface area contributed by atoms with E-state index in [0.29, 0.717) is 0 Å². The van der Waals surface area contributed by atoms with Crippen molar-refractivity contribution in [2.45, 2.75) is 34.6 Å². The van der Waals surface area contributed by atoms with Gasteiger partial charge in [-0.15, -0.1) is 5.57 Å². The van der Waals surface area contributed by atoms with E-state index < -0.39 is 0 Å². The van der Waals surface area contributed by atoms with Crippen LogP contribution in [0.1, 0.15) is 34.6 Å². The third-order valence-corrected chi connectivity index (χ3v) is 5.94. The average Bonchev–Trinajstić information content (AvgIpc) is 2.59. The van der Waals surface area contributed by atoms with Gasteiger partial charge in [0.25, 0.3) is 0 Å². The van der Waals surface area contributed by atoms with Gasteiger partial charge in [-0.2, -0.15) is 12.2 Å². The van der Waals surface area contributed by atoms with E-state index in [9.17, 15) is 0 Å². The molecule has 0 radical (unpaired) electrons. The van der Waals surface area contributed by atoms with Crippen LogP contribution in [0.15, 0.2) is 67.1 Å². The SMILES string of the molecule is CC1=CC(C(C)(C)C)=C[C+](C)C1=C=c1c(Br)cc(=C2C=C[CH-]N=C2)cc1Br. The standard InChI is InChI=1S/C24H23Br2N/c1-15-9-19(24(3,4)5)10-16(2)20(15)13-21-22(25)11-18(12-23(21)26)17-7-6-8-27-14-17/h6-12,14H,1-5H3. The summed E-state index contributed by atoms with van der Waals surface area (Å²) >= 11 is 7.47. The van der Waals surface area contributed by atoms with Crippen LogP contribution in [-0.2, 0) is 0 Å². The van der Waals surface area contributed by atoms with E-state index in [1.807, 2.05) is 12.3 Å². The van der Waals surface area contributed by atoms with Crippen molar-refractivity contribution in [2.24, 2.45) is 10.4 Å². The second kappa shape index (κ2) is 7.75. The maximum absolute atomic E-state index is 4.22. The lowest BCUT2D eigenvalue weighted by molar-refractivity contribution is 0.514. The molecule has 1 aromatic rings. The molecule has 1 aliphatic carbocycles. The highest BCUT2D eigenvalue weighted by molar-refractivity contribution is 9.11. The van der Waals surface area contributed by atoms with Crippen LogP contribution < -0.4 is 10.4 Å². The number of aliphatic imine (C=N–C) groups is 1. The van der Waals surface area contributed by atoms with Crippen molar-refractivity contribution in [3.63, 3.8) is 0 Å². The number of hydrogen-bond acceptors (Lipinski definition) is 1. The van der Waals surface area contributed by atoms with Crippen LogP contribution in [0.5, 0.6) is 0 Å². The lowest BCUT2D eigenvalue weighted by Crippen LogP contribution is -2.16. The summed E-state index contributed by atoms with van der Waals surface area (Å²) < 4.78 is 2.02. The maximum atomic E-state index is 4.22. The summed E-state index contributed by atoms with van der Waals surface area (Å²) in [6.07, 6.45) is 10.4. The summed E-state index contributed by atoms with van der Waals surface area (Å²) in [5.74, 6) is 1.25. The van der Waals surface area contributed by atoms with E-state index in [0.717, 1.165) is 30.5 Å². The smallest absolute Gasteiger partial charge is 0.153 e. The zero-order valence-electron chi connectivity index (χ0n) is 16.3. The predicted octanol–water partition coefficient (Wildman–Crippen LogP) is 6.00. The summed E-state index contributed by atoms with van der Waals surface area (Å²) in [5, 5.41) is 2.14. The Morgan fingerprint density at radius 2 is 1.81 bits per heavy atom. The monoisotopic (exact) mass is 483 g/mol. The number of allylic oxidation sites excluding steroid dienone is 6. The quantitative estimate of drug-likeness (QED) is 0.400. The van der Waals surface area contributed by atoms with E-state index in [-0.39, 0.29) is 5.41 Å². The van der Waals surface area contributed by atoms with Gasteiger partial charge >= 0.3 is 0 Å². The number of halogens is 2. The molecular formula is C24H23Br2N. The molecule has 138 valence electrons. The zero-order valence-corrected chi connectivity index (χ0v) is 19.5. The first-order valence-corrected chi connectivity index (χ1v) is 10.5. The fourth-order valence-electron chi connectivity index (χ4n) is 3.11. The van der Waals surface area contributed by atoms with Crippen LogP contribution in [0.3, 0.4) is 0 Å². The highest BCUT2D eigenvalue weighted by atomic mass is 79.9. The molecule has 0 N–H and O–H groups in total. The predicted molar refractivity (Wildman–Crippen MR) is 124 cm³/mol. The molecule has 0 bridgehead atoms. The number of hydrogen-bond donors (Lipinski definition) is 0. The van der Waals surface area contributed by atoms with Gasteiger partial charge in [-0.05, 0) is 83.8 Å². The van der Waals surface area contributed by atoms with Crippen LogP contribution in [-0.4, -0.2) is 6.21 Å². The molecule has 0 saturated heterocycles. The number of dihydropyridines is 1.